The van der Waals surface area contributed by atoms with Crippen LogP contribution in [0.5, 0.6) is 5.75 Å². The van der Waals surface area contributed by atoms with Gasteiger partial charge in [-0.1, -0.05) is 30.0 Å². The fraction of sp³-hybridized carbons (Fsp3) is 0.278. The Balaban J connectivity index is 2.00. The molecule has 2 amide bonds. The van der Waals surface area contributed by atoms with Crippen LogP contribution in [0.4, 0.5) is 5.69 Å². The number of aliphatic hydroxyl groups excluding tert-OH is 1. The number of amides is 2. The van der Waals surface area contributed by atoms with Crippen LogP contribution in [0.15, 0.2) is 48.3 Å². The Kier molecular flexibility index (Phi) is 7.90. The van der Waals surface area contributed by atoms with E-state index >= 15 is 0 Å². The zero-order chi connectivity index (χ0) is 19.6. The van der Waals surface area contributed by atoms with Crippen molar-refractivity contribution in [3.8, 4) is 5.75 Å². The smallest absolute Gasteiger partial charge is 0.240 e. The molecule has 2 rings (SSSR count). The van der Waals surface area contributed by atoms with Crippen molar-refractivity contribution < 1.29 is 19.4 Å². The number of benzene rings is 1. The van der Waals surface area contributed by atoms with Gasteiger partial charge in [0.25, 0.3) is 0 Å². The predicted molar refractivity (Wildman–Crippen MR) is 104 cm³/mol. The maximum absolute atomic E-state index is 12.2. The molecule has 0 aliphatic heterocycles. The van der Waals surface area contributed by atoms with Crippen molar-refractivity contribution in [2.24, 2.45) is 0 Å². The summed E-state index contributed by atoms with van der Waals surface area (Å²) in [6, 6.07) is 7.11. The number of hydrogen-bond donors (Lipinski definition) is 3. The number of carbonyl (C=O) groups is 2. The van der Waals surface area contributed by atoms with Crippen LogP contribution in [0, 0.1) is 0 Å². The monoisotopic (exact) mass is 390 g/mol. The van der Waals surface area contributed by atoms with E-state index in [1.165, 1.54) is 25.1 Å². The summed E-state index contributed by atoms with van der Waals surface area (Å²) in [5, 5.41) is 15.4. The summed E-state index contributed by atoms with van der Waals surface area (Å²) in [7, 11) is 1.53. The van der Waals surface area contributed by atoms with Gasteiger partial charge in [-0.05, 0) is 12.1 Å². The van der Waals surface area contributed by atoms with Gasteiger partial charge in [-0.3, -0.25) is 9.59 Å². The molecule has 0 bridgehead atoms. The number of nitrogens with zero attached hydrogens (tertiary/aromatic N) is 2. The van der Waals surface area contributed by atoms with Crippen molar-refractivity contribution in [1.29, 1.82) is 0 Å². The standard InChI is InChI=1S/C18H22N4O4S/c1-3-8-19-16(24)10-22-13(11-23)9-20-18(22)27-12-17(25)21-14-6-4-5-7-15(14)26-2/h3-7,9,23H,1,8,10-12H2,2H3,(H,19,24)(H,21,25). The summed E-state index contributed by atoms with van der Waals surface area (Å²) in [6.45, 7) is 3.64. The van der Waals surface area contributed by atoms with Gasteiger partial charge in [0.05, 0.1) is 37.0 Å². The van der Waals surface area contributed by atoms with E-state index in [2.05, 4.69) is 22.2 Å². The van der Waals surface area contributed by atoms with E-state index in [0.29, 0.717) is 28.8 Å². The average molecular weight is 390 g/mol. The van der Waals surface area contributed by atoms with Crippen molar-refractivity contribution in [3.05, 3.63) is 48.8 Å². The zero-order valence-corrected chi connectivity index (χ0v) is 15.8. The van der Waals surface area contributed by atoms with Crippen LogP contribution >= 0.6 is 11.8 Å². The SMILES string of the molecule is C=CCNC(=O)Cn1c(CO)cnc1SCC(=O)Nc1ccccc1OC. The van der Waals surface area contributed by atoms with Gasteiger partial charge >= 0.3 is 0 Å². The number of ether oxygens (including phenoxy) is 1. The molecule has 2 aromatic rings. The molecule has 1 heterocycles. The Morgan fingerprint density at radius 2 is 2.15 bits per heavy atom. The number of thioether (sulfide) groups is 1. The first kappa shape index (κ1) is 20.5. The number of rotatable bonds is 10. The van der Waals surface area contributed by atoms with Crippen LogP contribution in [0.3, 0.4) is 0 Å². The van der Waals surface area contributed by atoms with Gasteiger partial charge in [0.2, 0.25) is 11.8 Å². The van der Waals surface area contributed by atoms with E-state index in [4.69, 9.17) is 4.74 Å². The van der Waals surface area contributed by atoms with Gasteiger partial charge in [0, 0.05) is 6.54 Å². The molecule has 3 N–H and O–H groups in total. The van der Waals surface area contributed by atoms with Crippen molar-refractivity contribution in [1.82, 2.24) is 14.9 Å². The number of aromatic nitrogens is 2. The number of imidazole rings is 1. The minimum absolute atomic E-state index is 0.000192. The number of aliphatic hydroxyl groups is 1. The average Bonchev–Trinajstić information content (AvgIpc) is 3.06. The molecule has 1 aromatic heterocycles. The van der Waals surface area contributed by atoms with Crippen LogP contribution < -0.4 is 15.4 Å². The lowest BCUT2D eigenvalue weighted by Gasteiger charge is -2.11. The number of hydrogen-bond acceptors (Lipinski definition) is 6. The molecule has 27 heavy (non-hydrogen) atoms. The largest absolute Gasteiger partial charge is 0.495 e. The van der Waals surface area contributed by atoms with Gasteiger partial charge in [-0.2, -0.15) is 0 Å². The van der Waals surface area contributed by atoms with Gasteiger partial charge in [-0.25, -0.2) is 4.98 Å². The summed E-state index contributed by atoms with van der Waals surface area (Å²) < 4.78 is 6.79. The Morgan fingerprint density at radius 3 is 2.85 bits per heavy atom. The lowest BCUT2D eigenvalue weighted by Crippen LogP contribution is -2.28. The van der Waals surface area contributed by atoms with E-state index in [1.54, 1.807) is 28.8 Å². The highest BCUT2D eigenvalue weighted by molar-refractivity contribution is 7.99. The Labute approximate surface area is 161 Å². The topological polar surface area (TPSA) is 105 Å². The highest BCUT2D eigenvalue weighted by Crippen LogP contribution is 2.24. The Morgan fingerprint density at radius 1 is 1.37 bits per heavy atom. The number of anilines is 1. The van der Waals surface area contributed by atoms with Gasteiger partial charge in [0.1, 0.15) is 12.3 Å². The van der Waals surface area contributed by atoms with Crippen molar-refractivity contribution in [2.75, 3.05) is 24.7 Å². The molecule has 0 atom stereocenters. The molecule has 0 aliphatic carbocycles. The first-order valence-electron chi connectivity index (χ1n) is 8.17. The van der Waals surface area contributed by atoms with Crippen LogP contribution in [0.25, 0.3) is 0 Å². The quantitative estimate of drug-likeness (QED) is 0.419. The molecule has 144 valence electrons. The molecular formula is C18H22N4O4S. The molecule has 0 spiro atoms. The lowest BCUT2D eigenvalue weighted by atomic mass is 10.3. The summed E-state index contributed by atoms with van der Waals surface area (Å²) in [4.78, 5) is 28.4. The summed E-state index contributed by atoms with van der Waals surface area (Å²) in [5.41, 5.74) is 1.07. The third kappa shape index (κ3) is 5.87. The van der Waals surface area contributed by atoms with Gasteiger partial charge in [0.15, 0.2) is 5.16 Å². The lowest BCUT2D eigenvalue weighted by molar-refractivity contribution is -0.121. The molecule has 0 fully saturated rings. The molecule has 8 nitrogen and oxygen atoms in total. The van der Waals surface area contributed by atoms with E-state index in [1.807, 2.05) is 6.07 Å². The summed E-state index contributed by atoms with van der Waals surface area (Å²) >= 11 is 1.18. The van der Waals surface area contributed by atoms with Gasteiger partial charge in [-0.15, -0.1) is 6.58 Å². The van der Waals surface area contributed by atoms with E-state index in [0.717, 1.165) is 0 Å². The van der Waals surface area contributed by atoms with Crippen LogP contribution in [0.1, 0.15) is 5.69 Å². The second-order valence-electron chi connectivity index (χ2n) is 5.41. The fourth-order valence-electron chi connectivity index (χ4n) is 2.25. The molecule has 0 radical (unpaired) electrons. The highest BCUT2D eigenvalue weighted by Gasteiger charge is 2.15. The molecule has 1 aromatic carbocycles. The van der Waals surface area contributed by atoms with E-state index in [-0.39, 0.29) is 30.7 Å². The molecule has 0 aliphatic rings. The molecule has 0 unspecified atom stereocenters. The molecule has 9 heteroatoms. The zero-order valence-electron chi connectivity index (χ0n) is 15.0. The third-order valence-electron chi connectivity index (χ3n) is 3.52. The molecule has 0 saturated heterocycles. The van der Waals surface area contributed by atoms with E-state index < -0.39 is 0 Å². The van der Waals surface area contributed by atoms with Crippen LogP contribution in [0.2, 0.25) is 0 Å². The first-order chi connectivity index (χ1) is 13.1. The molecule has 0 saturated carbocycles. The first-order valence-corrected chi connectivity index (χ1v) is 9.16. The number of carbonyl (C=O) groups excluding carboxylic acids is 2. The molecular weight excluding hydrogens is 368 g/mol. The Bertz CT molecular complexity index is 806. The maximum Gasteiger partial charge on any atom is 0.240 e. The normalized spacial score (nSPS) is 10.3. The van der Waals surface area contributed by atoms with Crippen LogP contribution in [-0.2, 0) is 22.7 Å². The summed E-state index contributed by atoms with van der Waals surface area (Å²) in [6.07, 6.45) is 3.07. The summed E-state index contributed by atoms with van der Waals surface area (Å²) in [5.74, 6) is 0.191. The van der Waals surface area contributed by atoms with Crippen molar-refractivity contribution in [3.63, 3.8) is 0 Å². The number of nitrogens with one attached hydrogen (secondary N) is 2. The van der Waals surface area contributed by atoms with Crippen molar-refractivity contribution in [2.45, 2.75) is 18.3 Å². The maximum atomic E-state index is 12.2. The van der Waals surface area contributed by atoms with E-state index in [9.17, 15) is 14.7 Å². The van der Waals surface area contributed by atoms with Gasteiger partial charge < -0.3 is 25.0 Å². The predicted octanol–water partition coefficient (Wildman–Crippen LogP) is 1.42. The third-order valence-corrected chi connectivity index (χ3v) is 4.51. The Hall–Kier alpha value is -2.78. The van der Waals surface area contributed by atoms with Crippen LogP contribution in [-0.4, -0.2) is 45.9 Å². The fourth-order valence-corrected chi connectivity index (χ4v) is 3.05. The minimum Gasteiger partial charge on any atom is -0.495 e. The second kappa shape index (κ2) is 10.4. The number of para-hydroxylation sites is 2. The van der Waals surface area contributed by atoms with Crippen molar-refractivity contribution >= 4 is 29.3 Å². The minimum atomic E-state index is -0.254. The highest BCUT2D eigenvalue weighted by atomic mass is 32.2. The second-order valence-corrected chi connectivity index (χ2v) is 6.35. The number of methoxy groups -OCH3 is 1.